The number of ether oxygens (including phenoxy) is 1. The Morgan fingerprint density at radius 3 is 2.80 bits per heavy atom. The second-order valence-corrected chi connectivity index (χ2v) is 5.41. The van der Waals surface area contributed by atoms with Gasteiger partial charge in [0.25, 0.3) is 5.91 Å². The first-order valence-electron chi connectivity index (χ1n) is 7.06. The average Bonchev–Trinajstić information content (AvgIpc) is 3.24. The summed E-state index contributed by atoms with van der Waals surface area (Å²) in [5.41, 5.74) is 6.58. The van der Waals surface area contributed by atoms with Gasteiger partial charge in [0.2, 0.25) is 0 Å². The molecule has 1 aliphatic rings. The van der Waals surface area contributed by atoms with Crippen LogP contribution in [0.1, 0.15) is 25.3 Å². The minimum Gasteiger partial charge on any atom is -0.482 e. The van der Waals surface area contributed by atoms with E-state index in [0.29, 0.717) is 23.4 Å². The number of hydrogen-bond donors (Lipinski definition) is 1. The summed E-state index contributed by atoms with van der Waals surface area (Å²) in [6, 6.07) is 5.98. The fourth-order valence-corrected chi connectivity index (χ4v) is 2.49. The third-order valence-electron chi connectivity index (χ3n) is 3.43. The van der Waals surface area contributed by atoms with Gasteiger partial charge in [-0.3, -0.25) is 4.79 Å². The SMILES string of the molecule is CCN(C(=O)COc1ccc(CCN)cc1Cl)C1CC1. The van der Waals surface area contributed by atoms with E-state index in [1.54, 1.807) is 6.07 Å². The molecular formula is C15H21ClN2O2. The van der Waals surface area contributed by atoms with Crippen molar-refractivity contribution in [1.82, 2.24) is 4.90 Å². The molecule has 1 amide bonds. The van der Waals surface area contributed by atoms with Crippen molar-refractivity contribution in [3.8, 4) is 5.75 Å². The summed E-state index contributed by atoms with van der Waals surface area (Å²) >= 11 is 6.15. The Labute approximate surface area is 124 Å². The van der Waals surface area contributed by atoms with E-state index >= 15 is 0 Å². The van der Waals surface area contributed by atoms with E-state index in [4.69, 9.17) is 22.1 Å². The van der Waals surface area contributed by atoms with Crippen LogP contribution in [-0.4, -0.2) is 36.5 Å². The second-order valence-electron chi connectivity index (χ2n) is 5.00. The van der Waals surface area contributed by atoms with Gasteiger partial charge in [-0.2, -0.15) is 0 Å². The number of carbonyl (C=O) groups excluding carboxylic acids is 1. The highest BCUT2D eigenvalue weighted by molar-refractivity contribution is 6.32. The van der Waals surface area contributed by atoms with Crippen LogP contribution in [-0.2, 0) is 11.2 Å². The number of benzene rings is 1. The van der Waals surface area contributed by atoms with Crippen molar-refractivity contribution in [2.75, 3.05) is 19.7 Å². The Kier molecular flexibility index (Phi) is 5.26. The molecule has 0 spiro atoms. The van der Waals surface area contributed by atoms with E-state index < -0.39 is 0 Å². The van der Waals surface area contributed by atoms with Crippen molar-refractivity contribution in [2.45, 2.75) is 32.2 Å². The second kappa shape index (κ2) is 6.95. The topological polar surface area (TPSA) is 55.6 Å². The standard InChI is InChI=1S/C15H21ClN2O2/c1-2-18(12-4-5-12)15(19)10-20-14-6-3-11(7-8-17)9-13(14)16/h3,6,9,12H,2,4-5,7-8,10,17H2,1H3. The number of halogens is 1. The number of nitrogens with zero attached hydrogens (tertiary/aromatic N) is 1. The van der Waals surface area contributed by atoms with Crippen molar-refractivity contribution in [3.05, 3.63) is 28.8 Å². The van der Waals surface area contributed by atoms with Crippen LogP contribution in [0.15, 0.2) is 18.2 Å². The zero-order valence-electron chi connectivity index (χ0n) is 11.8. The molecule has 0 unspecified atom stereocenters. The number of likely N-dealkylation sites (N-methyl/N-ethyl adjacent to an activating group) is 1. The minimum absolute atomic E-state index is 0.0251. The lowest BCUT2D eigenvalue weighted by Gasteiger charge is -2.20. The maximum absolute atomic E-state index is 12.1. The maximum atomic E-state index is 12.1. The highest BCUT2D eigenvalue weighted by Gasteiger charge is 2.31. The molecule has 1 aliphatic carbocycles. The summed E-state index contributed by atoms with van der Waals surface area (Å²) in [7, 11) is 0. The lowest BCUT2D eigenvalue weighted by Crippen LogP contribution is -2.36. The molecular weight excluding hydrogens is 276 g/mol. The number of nitrogens with two attached hydrogens (primary N) is 1. The number of rotatable bonds is 7. The molecule has 4 nitrogen and oxygen atoms in total. The molecule has 1 aromatic carbocycles. The molecule has 0 radical (unpaired) electrons. The van der Waals surface area contributed by atoms with Crippen LogP contribution in [0.2, 0.25) is 5.02 Å². The summed E-state index contributed by atoms with van der Waals surface area (Å²) < 4.78 is 5.54. The van der Waals surface area contributed by atoms with Gasteiger partial charge in [-0.25, -0.2) is 0 Å². The van der Waals surface area contributed by atoms with Crippen molar-refractivity contribution < 1.29 is 9.53 Å². The van der Waals surface area contributed by atoms with Crippen molar-refractivity contribution in [1.29, 1.82) is 0 Å². The molecule has 0 heterocycles. The van der Waals surface area contributed by atoms with Gasteiger partial charge in [0.15, 0.2) is 6.61 Å². The third-order valence-corrected chi connectivity index (χ3v) is 3.72. The van der Waals surface area contributed by atoms with Crippen LogP contribution in [0.4, 0.5) is 0 Å². The largest absolute Gasteiger partial charge is 0.482 e. The fourth-order valence-electron chi connectivity index (χ4n) is 2.23. The molecule has 0 saturated heterocycles. The highest BCUT2D eigenvalue weighted by Crippen LogP contribution is 2.28. The van der Waals surface area contributed by atoms with Crippen LogP contribution in [0, 0.1) is 0 Å². The monoisotopic (exact) mass is 296 g/mol. The fraction of sp³-hybridized carbons (Fsp3) is 0.533. The summed E-state index contributed by atoms with van der Waals surface area (Å²) in [6.45, 7) is 3.35. The third kappa shape index (κ3) is 3.87. The maximum Gasteiger partial charge on any atom is 0.260 e. The lowest BCUT2D eigenvalue weighted by atomic mass is 10.1. The van der Waals surface area contributed by atoms with Gasteiger partial charge in [0.05, 0.1) is 5.02 Å². The Morgan fingerprint density at radius 2 is 2.25 bits per heavy atom. The summed E-state index contributed by atoms with van der Waals surface area (Å²) in [5.74, 6) is 0.574. The molecule has 110 valence electrons. The Bertz CT molecular complexity index is 475. The molecule has 0 atom stereocenters. The average molecular weight is 297 g/mol. The van der Waals surface area contributed by atoms with Crippen LogP contribution in [0.5, 0.6) is 5.75 Å². The minimum atomic E-state index is 0.0251. The molecule has 0 aliphatic heterocycles. The Morgan fingerprint density at radius 1 is 1.50 bits per heavy atom. The van der Waals surface area contributed by atoms with E-state index in [2.05, 4.69) is 0 Å². The number of hydrogen-bond acceptors (Lipinski definition) is 3. The van der Waals surface area contributed by atoms with Crippen molar-refractivity contribution >= 4 is 17.5 Å². The number of amides is 1. The molecule has 20 heavy (non-hydrogen) atoms. The van der Waals surface area contributed by atoms with E-state index in [-0.39, 0.29) is 12.5 Å². The van der Waals surface area contributed by atoms with Gasteiger partial charge in [0.1, 0.15) is 5.75 Å². The van der Waals surface area contributed by atoms with E-state index in [1.807, 2.05) is 24.0 Å². The first-order chi connectivity index (χ1) is 9.65. The molecule has 1 fully saturated rings. The van der Waals surface area contributed by atoms with Crippen LogP contribution < -0.4 is 10.5 Å². The van der Waals surface area contributed by atoms with Crippen molar-refractivity contribution in [2.24, 2.45) is 5.73 Å². The smallest absolute Gasteiger partial charge is 0.260 e. The molecule has 2 N–H and O–H groups in total. The Balaban J connectivity index is 1.91. The van der Waals surface area contributed by atoms with Gasteiger partial charge >= 0.3 is 0 Å². The van der Waals surface area contributed by atoms with Gasteiger partial charge in [-0.05, 0) is 50.4 Å². The van der Waals surface area contributed by atoms with Crippen molar-refractivity contribution in [3.63, 3.8) is 0 Å². The highest BCUT2D eigenvalue weighted by atomic mass is 35.5. The zero-order chi connectivity index (χ0) is 14.5. The van der Waals surface area contributed by atoms with Gasteiger partial charge in [-0.1, -0.05) is 17.7 Å². The first-order valence-corrected chi connectivity index (χ1v) is 7.44. The van der Waals surface area contributed by atoms with Crippen LogP contribution in [0.25, 0.3) is 0 Å². The predicted octanol–water partition coefficient (Wildman–Crippen LogP) is 2.23. The van der Waals surface area contributed by atoms with E-state index in [9.17, 15) is 4.79 Å². The lowest BCUT2D eigenvalue weighted by molar-refractivity contribution is -0.133. The quantitative estimate of drug-likeness (QED) is 0.839. The van der Waals surface area contributed by atoms with Gasteiger partial charge in [-0.15, -0.1) is 0 Å². The zero-order valence-corrected chi connectivity index (χ0v) is 12.5. The van der Waals surface area contributed by atoms with Crippen LogP contribution in [0.3, 0.4) is 0 Å². The van der Waals surface area contributed by atoms with E-state index in [0.717, 1.165) is 31.4 Å². The molecule has 5 heteroatoms. The van der Waals surface area contributed by atoms with E-state index in [1.165, 1.54) is 0 Å². The van der Waals surface area contributed by atoms with Gasteiger partial charge in [0, 0.05) is 12.6 Å². The molecule has 2 rings (SSSR count). The molecule has 1 aromatic rings. The molecule has 0 aromatic heterocycles. The normalized spacial score (nSPS) is 14.2. The molecule has 1 saturated carbocycles. The summed E-state index contributed by atoms with van der Waals surface area (Å²) in [4.78, 5) is 13.9. The summed E-state index contributed by atoms with van der Waals surface area (Å²) in [6.07, 6.45) is 2.99. The predicted molar refractivity (Wildman–Crippen MR) is 80.1 cm³/mol. The molecule has 0 bridgehead atoms. The summed E-state index contributed by atoms with van der Waals surface area (Å²) in [5, 5.41) is 0.526. The first kappa shape index (κ1) is 15.1. The Hall–Kier alpha value is -1.26. The van der Waals surface area contributed by atoms with Crippen LogP contribution >= 0.6 is 11.6 Å². The number of carbonyl (C=O) groups is 1. The van der Waals surface area contributed by atoms with Gasteiger partial charge < -0.3 is 15.4 Å².